The van der Waals surface area contributed by atoms with Crippen LogP contribution in [0.1, 0.15) is 43.2 Å². The maximum absolute atomic E-state index is 6.27. The Bertz CT molecular complexity index is 825. The maximum Gasteiger partial charge on any atom is 0.142 e. The third kappa shape index (κ3) is 3.21. The fourth-order valence-corrected chi connectivity index (χ4v) is 4.70. The summed E-state index contributed by atoms with van der Waals surface area (Å²) in [5.74, 6) is 1.87. The largest absolute Gasteiger partial charge is 0.495 e. The van der Waals surface area contributed by atoms with Gasteiger partial charge >= 0.3 is 0 Å². The zero-order chi connectivity index (χ0) is 18.0. The SMILES string of the molecule is COc1c(Cl)cccc1CN=C1Nc2ccccc2CC12CCCCC2. The maximum atomic E-state index is 6.27. The van der Waals surface area contributed by atoms with Gasteiger partial charge in [-0.1, -0.05) is 61.2 Å². The molecule has 1 fully saturated rings. The van der Waals surface area contributed by atoms with E-state index in [2.05, 4.69) is 29.6 Å². The lowest BCUT2D eigenvalue weighted by molar-refractivity contribution is 0.278. The first-order chi connectivity index (χ1) is 12.7. The molecule has 1 heterocycles. The number of para-hydroxylation sites is 2. The average Bonchev–Trinajstić information content (AvgIpc) is 2.67. The molecule has 3 nitrogen and oxygen atoms in total. The van der Waals surface area contributed by atoms with Crippen LogP contribution in [0.3, 0.4) is 0 Å². The molecule has 2 aromatic carbocycles. The number of rotatable bonds is 3. The molecule has 0 unspecified atom stereocenters. The van der Waals surface area contributed by atoms with Crippen molar-refractivity contribution in [2.75, 3.05) is 12.4 Å². The standard InChI is InChI=1S/C22H25ClN2O/c1-26-20-17(9-7-10-18(20)23)15-24-21-22(12-5-2-6-13-22)14-16-8-3-4-11-19(16)25-21/h3-4,7-11H,2,5-6,12-15H2,1H3,(H,24,25). The molecule has 1 saturated carbocycles. The van der Waals surface area contributed by atoms with Crippen LogP contribution in [0.15, 0.2) is 47.5 Å². The van der Waals surface area contributed by atoms with Crippen molar-refractivity contribution in [1.29, 1.82) is 0 Å². The highest BCUT2D eigenvalue weighted by Gasteiger charge is 2.40. The Balaban J connectivity index is 1.69. The lowest BCUT2D eigenvalue weighted by atomic mass is 9.67. The number of fused-ring (bicyclic) bond motifs is 1. The minimum atomic E-state index is 0.151. The predicted octanol–water partition coefficient (Wildman–Crippen LogP) is 5.87. The predicted molar refractivity (Wildman–Crippen MR) is 108 cm³/mol. The Hall–Kier alpha value is -2.00. The van der Waals surface area contributed by atoms with Gasteiger partial charge in [0.2, 0.25) is 0 Å². The van der Waals surface area contributed by atoms with Crippen LogP contribution in [0.4, 0.5) is 5.69 Å². The van der Waals surface area contributed by atoms with E-state index in [4.69, 9.17) is 21.3 Å². The van der Waals surface area contributed by atoms with Gasteiger partial charge in [-0.05, 0) is 37.0 Å². The molecule has 1 N–H and O–H groups in total. The molecule has 136 valence electrons. The molecule has 0 bridgehead atoms. The summed E-state index contributed by atoms with van der Waals surface area (Å²) in [5, 5.41) is 4.29. The number of hydrogen-bond donors (Lipinski definition) is 1. The molecule has 2 aromatic rings. The number of amidine groups is 1. The molecular formula is C22H25ClN2O. The Morgan fingerprint density at radius 2 is 1.88 bits per heavy atom. The fraction of sp³-hybridized carbons (Fsp3) is 0.409. The highest BCUT2D eigenvalue weighted by Crippen LogP contribution is 2.45. The number of aliphatic imine (C=N–C) groups is 1. The van der Waals surface area contributed by atoms with Crippen LogP contribution in [-0.4, -0.2) is 12.9 Å². The van der Waals surface area contributed by atoms with Crippen molar-refractivity contribution in [3.05, 3.63) is 58.6 Å². The first kappa shape index (κ1) is 17.4. The van der Waals surface area contributed by atoms with E-state index in [0.29, 0.717) is 11.6 Å². The summed E-state index contributed by atoms with van der Waals surface area (Å²) in [6, 6.07) is 14.5. The summed E-state index contributed by atoms with van der Waals surface area (Å²) < 4.78 is 5.49. The van der Waals surface area contributed by atoms with Gasteiger partial charge < -0.3 is 10.1 Å². The Kier molecular flexibility index (Phi) is 4.90. The molecule has 0 atom stereocenters. The van der Waals surface area contributed by atoms with E-state index >= 15 is 0 Å². The van der Waals surface area contributed by atoms with Crippen molar-refractivity contribution >= 4 is 23.1 Å². The smallest absolute Gasteiger partial charge is 0.142 e. The first-order valence-electron chi connectivity index (χ1n) is 9.43. The van der Waals surface area contributed by atoms with Crippen molar-refractivity contribution in [1.82, 2.24) is 0 Å². The Morgan fingerprint density at radius 3 is 2.69 bits per heavy atom. The van der Waals surface area contributed by atoms with Gasteiger partial charge in [0.05, 0.1) is 18.7 Å². The summed E-state index contributed by atoms with van der Waals surface area (Å²) in [6.07, 6.45) is 7.40. The molecule has 26 heavy (non-hydrogen) atoms. The van der Waals surface area contributed by atoms with Gasteiger partial charge in [-0.15, -0.1) is 0 Å². The molecule has 4 heteroatoms. The Morgan fingerprint density at radius 1 is 1.08 bits per heavy atom. The van der Waals surface area contributed by atoms with E-state index in [9.17, 15) is 0 Å². The van der Waals surface area contributed by atoms with Crippen molar-refractivity contribution in [2.24, 2.45) is 10.4 Å². The van der Waals surface area contributed by atoms with E-state index in [1.807, 2.05) is 18.2 Å². The summed E-state index contributed by atoms with van der Waals surface area (Å²) in [6.45, 7) is 0.579. The van der Waals surface area contributed by atoms with Gasteiger partial charge in [0.1, 0.15) is 11.6 Å². The number of nitrogens with zero attached hydrogens (tertiary/aromatic N) is 1. The zero-order valence-corrected chi connectivity index (χ0v) is 16.0. The average molecular weight is 369 g/mol. The van der Waals surface area contributed by atoms with Gasteiger partial charge in [-0.3, -0.25) is 4.99 Å². The van der Waals surface area contributed by atoms with E-state index in [0.717, 1.165) is 23.6 Å². The van der Waals surface area contributed by atoms with Crippen molar-refractivity contribution in [3.63, 3.8) is 0 Å². The lowest BCUT2D eigenvalue weighted by Gasteiger charge is -2.42. The highest BCUT2D eigenvalue weighted by atomic mass is 35.5. The Labute approximate surface area is 160 Å². The fourth-order valence-electron chi connectivity index (χ4n) is 4.43. The van der Waals surface area contributed by atoms with E-state index in [1.165, 1.54) is 43.4 Å². The second-order valence-electron chi connectivity index (χ2n) is 7.40. The summed E-state index contributed by atoms with van der Waals surface area (Å²) in [4.78, 5) is 5.05. The number of halogens is 1. The second kappa shape index (κ2) is 7.32. The molecule has 1 aliphatic heterocycles. The molecule has 1 spiro atoms. The third-order valence-electron chi connectivity index (χ3n) is 5.77. The van der Waals surface area contributed by atoms with Gasteiger partial charge in [-0.25, -0.2) is 0 Å². The number of ether oxygens (including phenoxy) is 1. The highest BCUT2D eigenvalue weighted by molar-refractivity contribution is 6.32. The molecule has 0 amide bonds. The molecule has 0 aromatic heterocycles. The quantitative estimate of drug-likeness (QED) is 0.735. The van der Waals surface area contributed by atoms with Gasteiger partial charge in [0.25, 0.3) is 0 Å². The van der Waals surface area contributed by atoms with Crippen molar-refractivity contribution in [3.8, 4) is 5.75 Å². The topological polar surface area (TPSA) is 33.6 Å². The van der Waals surface area contributed by atoms with Crippen LogP contribution in [0.25, 0.3) is 0 Å². The minimum absolute atomic E-state index is 0.151. The first-order valence-corrected chi connectivity index (χ1v) is 9.81. The van der Waals surface area contributed by atoms with Crippen molar-refractivity contribution < 1.29 is 4.74 Å². The number of anilines is 1. The summed E-state index contributed by atoms with van der Waals surface area (Å²) in [5.41, 5.74) is 3.78. The van der Waals surface area contributed by atoms with Crippen LogP contribution in [0.5, 0.6) is 5.75 Å². The van der Waals surface area contributed by atoms with Crippen LogP contribution in [0.2, 0.25) is 5.02 Å². The molecule has 0 radical (unpaired) electrons. The zero-order valence-electron chi connectivity index (χ0n) is 15.2. The molecular weight excluding hydrogens is 344 g/mol. The number of nitrogens with one attached hydrogen (secondary N) is 1. The minimum Gasteiger partial charge on any atom is -0.495 e. The molecule has 1 aliphatic carbocycles. The number of benzene rings is 2. The summed E-state index contributed by atoms with van der Waals surface area (Å²) in [7, 11) is 1.66. The van der Waals surface area contributed by atoms with E-state index in [-0.39, 0.29) is 5.41 Å². The third-order valence-corrected chi connectivity index (χ3v) is 6.07. The van der Waals surface area contributed by atoms with Crippen LogP contribution in [0, 0.1) is 5.41 Å². The monoisotopic (exact) mass is 368 g/mol. The molecule has 0 saturated heterocycles. The van der Waals surface area contributed by atoms with Gasteiger partial charge in [-0.2, -0.15) is 0 Å². The normalized spacial score (nSPS) is 19.8. The van der Waals surface area contributed by atoms with Gasteiger partial charge in [0, 0.05) is 16.7 Å². The van der Waals surface area contributed by atoms with Crippen LogP contribution >= 0.6 is 11.6 Å². The number of hydrogen-bond acceptors (Lipinski definition) is 2. The molecule has 2 aliphatic rings. The van der Waals surface area contributed by atoms with Crippen LogP contribution in [-0.2, 0) is 13.0 Å². The van der Waals surface area contributed by atoms with Crippen LogP contribution < -0.4 is 10.1 Å². The molecule has 4 rings (SSSR count). The second-order valence-corrected chi connectivity index (χ2v) is 7.80. The van der Waals surface area contributed by atoms with Crippen molar-refractivity contribution in [2.45, 2.75) is 45.1 Å². The van der Waals surface area contributed by atoms with E-state index < -0.39 is 0 Å². The lowest BCUT2D eigenvalue weighted by Crippen LogP contribution is -2.43. The van der Waals surface area contributed by atoms with Gasteiger partial charge in [0.15, 0.2) is 0 Å². The van der Waals surface area contributed by atoms with E-state index in [1.54, 1.807) is 7.11 Å². The number of methoxy groups -OCH3 is 1. The summed E-state index contributed by atoms with van der Waals surface area (Å²) >= 11 is 6.27.